The van der Waals surface area contributed by atoms with Gasteiger partial charge in [0.05, 0.1) is 18.6 Å². The van der Waals surface area contributed by atoms with Gasteiger partial charge < -0.3 is 9.84 Å². The molecule has 3 atom stereocenters. The van der Waals surface area contributed by atoms with Crippen LogP contribution in [0.2, 0.25) is 0 Å². The molecule has 0 aromatic carbocycles. The van der Waals surface area contributed by atoms with Gasteiger partial charge in [0, 0.05) is 0 Å². The topological polar surface area (TPSA) is 46.5 Å². The third-order valence-corrected chi connectivity index (χ3v) is 2.75. The van der Waals surface area contributed by atoms with Crippen molar-refractivity contribution in [2.24, 2.45) is 5.92 Å². The van der Waals surface area contributed by atoms with Gasteiger partial charge in [0.1, 0.15) is 0 Å². The first-order valence-electron chi connectivity index (χ1n) is 5.04. The highest BCUT2D eigenvalue weighted by Gasteiger charge is 2.34. The lowest BCUT2D eigenvalue weighted by Crippen LogP contribution is -2.18. The van der Waals surface area contributed by atoms with E-state index in [9.17, 15) is 4.79 Å². The maximum Gasteiger partial charge on any atom is 0.303 e. The predicted octanol–water partition coefficient (Wildman–Crippen LogP) is 2.05. The summed E-state index contributed by atoms with van der Waals surface area (Å²) in [7, 11) is 0. The summed E-state index contributed by atoms with van der Waals surface area (Å²) in [6.45, 7) is 4.14. The zero-order valence-electron chi connectivity index (χ0n) is 8.32. The summed E-state index contributed by atoms with van der Waals surface area (Å²) >= 11 is 0. The number of rotatable bonds is 4. The monoisotopic (exact) mass is 186 g/mol. The summed E-state index contributed by atoms with van der Waals surface area (Å²) in [6, 6.07) is 0. The summed E-state index contributed by atoms with van der Waals surface area (Å²) in [4.78, 5) is 10.6. The molecule has 13 heavy (non-hydrogen) atoms. The third-order valence-electron chi connectivity index (χ3n) is 2.75. The minimum absolute atomic E-state index is 0.168. The molecular weight excluding hydrogens is 168 g/mol. The average molecular weight is 186 g/mol. The molecule has 1 aliphatic heterocycles. The van der Waals surface area contributed by atoms with Crippen molar-refractivity contribution < 1.29 is 14.6 Å². The van der Waals surface area contributed by atoms with Crippen molar-refractivity contribution in [3.8, 4) is 0 Å². The summed E-state index contributed by atoms with van der Waals surface area (Å²) in [5.41, 5.74) is 0. The standard InChI is InChI=1S/C10H18O3/c1-3-8-5-7(6-10(11)12)9(4-2)13-8/h7-9H,3-6H2,1-2H3,(H,11,12). The minimum atomic E-state index is -0.705. The molecule has 0 saturated carbocycles. The van der Waals surface area contributed by atoms with E-state index in [1.54, 1.807) is 0 Å². The fraction of sp³-hybridized carbons (Fsp3) is 0.900. The first-order chi connectivity index (χ1) is 6.17. The zero-order valence-corrected chi connectivity index (χ0v) is 8.32. The van der Waals surface area contributed by atoms with Crippen molar-refractivity contribution in [2.75, 3.05) is 0 Å². The van der Waals surface area contributed by atoms with Gasteiger partial charge in [-0.2, -0.15) is 0 Å². The van der Waals surface area contributed by atoms with Crippen LogP contribution in [0.3, 0.4) is 0 Å². The van der Waals surface area contributed by atoms with Gasteiger partial charge in [-0.15, -0.1) is 0 Å². The Balaban J connectivity index is 2.47. The minimum Gasteiger partial charge on any atom is -0.481 e. The fourth-order valence-electron chi connectivity index (χ4n) is 2.03. The lowest BCUT2D eigenvalue weighted by atomic mass is 9.94. The van der Waals surface area contributed by atoms with E-state index in [1.807, 2.05) is 0 Å². The number of carboxylic acids is 1. The second-order valence-electron chi connectivity index (χ2n) is 3.71. The van der Waals surface area contributed by atoms with Crippen LogP contribution in [0, 0.1) is 5.92 Å². The SMILES string of the molecule is CCC1CC(CC(=O)O)C(CC)O1. The first kappa shape index (κ1) is 10.5. The van der Waals surface area contributed by atoms with Crippen molar-refractivity contribution in [3.63, 3.8) is 0 Å². The van der Waals surface area contributed by atoms with Crippen LogP contribution in [0.15, 0.2) is 0 Å². The maximum atomic E-state index is 10.6. The molecular formula is C10H18O3. The molecule has 76 valence electrons. The second-order valence-corrected chi connectivity index (χ2v) is 3.71. The Bertz CT molecular complexity index is 179. The van der Waals surface area contributed by atoms with Gasteiger partial charge in [-0.05, 0) is 25.2 Å². The summed E-state index contributed by atoms with van der Waals surface area (Å²) < 4.78 is 5.71. The van der Waals surface area contributed by atoms with E-state index < -0.39 is 5.97 Å². The van der Waals surface area contributed by atoms with E-state index in [4.69, 9.17) is 9.84 Å². The van der Waals surface area contributed by atoms with Crippen molar-refractivity contribution in [1.29, 1.82) is 0 Å². The fourth-order valence-corrected chi connectivity index (χ4v) is 2.03. The van der Waals surface area contributed by atoms with E-state index in [0.29, 0.717) is 0 Å². The molecule has 0 radical (unpaired) electrons. The van der Waals surface area contributed by atoms with Crippen molar-refractivity contribution in [1.82, 2.24) is 0 Å². The normalized spacial score (nSPS) is 33.5. The smallest absolute Gasteiger partial charge is 0.303 e. The summed E-state index contributed by atoms with van der Waals surface area (Å²) in [5, 5.41) is 8.69. The molecule has 1 N–H and O–H groups in total. The Labute approximate surface area is 79.1 Å². The van der Waals surface area contributed by atoms with Crippen LogP contribution in [0.5, 0.6) is 0 Å². The molecule has 0 amide bonds. The Hall–Kier alpha value is -0.570. The van der Waals surface area contributed by atoms with Crippen LogP contribution in [-0.4, -0.2) is 23.3 Å². The summed E-state index contributed by atoms with van der Waals surface area (Å²) in [6.07, 6.45) is 3.55. The van der Waals surface area contributed by atoms with Crippen molar-refractivity contribution in [2.45, 2.75) is 51.7 Å². The van der Waals surface area contributed by atoms with Crippen molar-refractivity contribution in [3.05, 3.63) is 0 Å². The van der Waals surface area contributed by atoms with Crippen LogP contribution in [0.1, 0.15) is 39.5 Å². The number of carbonyl (C=O) groups is 1. The van der Waals surface area contributed by atoms with Gasteiger partial charge in [0.25, 0.3) is 0 Å². The Morgan fingerprint density at radius 1 is 1.46 bits per heavy atom. The molecule has 0 aromatic heterocycles. The van der Waals surface area contributed by atoms with Gasteiger partial charge in [-0.1, -0.05) is 13.8 Å². The van der Waals surface area contributed by atoms with Gasteiger partial charge in [-0.25, -0.2) is 0 Å². The number of ether oxygens (including phenoxy) is 1. The largest absolute Gasteiger partial charge is 0.481 e. The summed E-state index contributed by atoms with van der Waals surface area (Å²) in [5.74, 6) is -0.476. The Morgan fingerprint density at radius 3 is 2.62 bits per heavy atom. The molecule has 0 aromatic rings. The highest BCUT2D eigenvalue weighted by molar-refractivity contribution is 5.67. The zero-order chi connectivity index (χ0) is 9.84. The molecule has 1 aliphatic rings. The van der Waals surface area contributed by atoms with E-state index in [2.05, 4.69) is 13.8 Å². The van der Waals surface area contributed by atoms with Gasteiger partial charge >= 0.3 is 5.97 Å². The molecule has 0 spiro atoms. The van der Waals surface area contributed by atoms with E-state index >= 15 is 0 Å². The van der Waals surface area contributed by atoms with Gasteiger partial charge in [0.2, 0.25) is 0 Å². The first-order valence-corrected chi connectivity index (χ1v) is 5.04. The highest BCUT2D eigenvalue weighted by atomic mass is 16.5. The molecule has 3 unspecified atom stereocenters. The highest BCUT2D eigenvalue weighted by Crippen LogP contribution is 2.32. The van der Waals surface area contributed by atoms with Crippen LogP contribution < -0.4 is 0 Å². The predicted molar refractivity (Wildman–Crippen MR) is 49.6 cm³/mol. The number of hydrogen-bond acceptors (Lipinski definition) is 2. The van der Waals surface area contributed by atoms with Gasteiger partial charge in [0.15, 0.2) is 0 Å². The lowest BCUT2D eigenvalue weighted by Gasteiger charge is -2.14. The molecule has 1 fully saturated rings. The quantitative estimate of drug-likeness (QED) is 0.731. The van der Waals surface area contributed by atoms with E-state index in [0.717, 1.165) is 19.3 Å². The molecule has 1 rings (SSSR count). The van der Waals surface area contributed by atoms with Crippen LogP contribution >= 0.6 is 0 Å². The molecule has 1 heterocycles. The molecule has 3 nitrogen and oxygen atoms in total. The Morgan fingerprint density at radius 2 is 2.15 bits per heavy atom. The lowest BCUT2D eigenvalue weighted by molar-refractivity contribution is -0.138. The molecule has 3 heteroatoms. The number of aliphatic carboxylic acids is 1. The van der Waals surface area contributed by atoms with Crippen LogP contribution in [0.4, 0.5) is 0 Å². The van der Waals surface area contributed by atoms with E-state index in [-0.39, 0.29) is 24.5 Å². The van der Waals surface area contributed by atoms with E-state index in [1.165, 1.54) is 0 Å². The average Bonchev–Trinajstić information content (AvgIpc) is 2.46. The van der Waals surface area contributed by atoms with Gasteiger partial charge in [-0.3, -0.25) is 4.79 Å². The number of hydrogen-bond donors (Lipinski definition) is 1. The molecule has 0 aliphatic carbocycles. The molecule has 1 saturated heterocycles. The molecule has 0 bridgehead atoms. The van der Waals surface area contributed by atoms with Crippen LogP contribution in [0.25, 0.3) is 0 Å². The van der Waals surface area contributed by atoms with Crippen LogP contribution in [-0.2, 0) is 9.53 Å². The number of carboxylic acid groups (broad SMARTS) is 1. The van der Waals surface area contributed by atoms with Crippen molar-refractivity contribution >= 4 is 5.97 Å². The maximum absolute atomic E-state index is 10.6. The Kier molecular flexibility index (Phi) is 3.72. The second kappa shape index (κ2) is 4.61. The third kappa shape index (κ3) is 2.69.